The Bertz CT molecular complexity index is 480. The van der Waals surface area contributed by atoms with Crippen molar-refractivity contribution in [1.29, 1.82) is 0 Å². The first-order valence-corrected chi connectivity index (χ1v) is 4.93. The molecule has 0 bridgehead atoms. The van der Waals surface area contributed by atoms with E-state index in [1.807, 2.05) is 13.8 Å². The number of rotatable bonds is 3. The lowest BCUT2D eigenvalue weighted by molar-refractivity contribution is 0.441. The third-order valence-corrected chi connectivity index (χ3v) is 2.06. The van der Waals surface area contributed by atoms with Crippen LogP contribution in [0.3, 0.4) is 0 Å². The Morgan fingerprint density at radius 1 is 1.38 bits per heavy atom. The van der Waals surface area contributed by atoms with Crippen LogP contribution in [0.2, 0.25) is 0 Å². The van der Waals surface area contributed by atoms with Gasteiger partial charge in [0.05, 0.1) is 11.7 Å². The summed E-state index contributed by atoms with van der Waals surface area (Å²) in [5.74, 6) is 1.04. The van der Waals surface area contributed by atoms with Crippen LogP contribution in [0.5, 0.6) is 0 Å². The molecule has 2 heterocycles. The normalized spacial score (nSPS) is 12.0. The van der Waals surface area contributed by atoms with Crippen molar-refractivity contribution in [3.8, 4) is 0 Å². The maximum Gasteiger partial charge on any atom is 0.237 e. The molecule has 0 fully saturated rings. The van der Waals surface area contributed by atoms with Crippen LogP contribution in [0.25, 0.3) is 0 Å². The maximum absolute atomic E-state index is 5.90. The van der Waals surface area contributed by atoms with E-state index in [4.69, 9.17) is 10.2 Å². The van der Waals surface area contributed by atoms with Crippen molar-refractivity contribution in [2.24, 2.45) is 5.73 Å². The number of nitrogens with two attached hydrogens (primary N) is 1. The molecule has 0 aromatic carbocycles. The van der Waals surface area contributed by atoms with E-state index in [-0.39, 0.29) is 0 Å². The molecule has 2 rings (SSSR count). The largest absolute Gasteiger partial charge is 0.424 e. The average Bonchev–Trinajstić information content (AvgIpc) is 2.74. The summed E-state index contributed by atoms with van der Waals surface area (Å²) < 4.78 is 6.86. The molecule has 0 saturated carbocycles. The van der Waals surface area contributed by atoms with Gasteiger partial charge in [-0.05, 0) is 13.8 Å². The van der Waals surface area contributed by atoms with E-state index in [2.05, 4.69) is 20.5 Å². The highest BCUT2D eigenvalue weighted by Crippen LogP contribution is 2.12. The Balaban J connectivity index is 2.14. The van der Waals surface area contributed by atoms with E-state index >= 15 is 0 Å². The highest BCUT2D eigenvalue weighted by molar-refractivity contribution is 5.05. The number of aromatic nitrogens is 5. The van der Waals surface area contributed by atoms with Gasteiger partial charge in [0.2, 0.25) is 11.8 Å². The molecule has 0 radical (unpaired) electrons. The quantitative estimate of drug-likeness (QED) is 0.797. The van der Waals surface area contributed by atoms with Crippen LogP contribution in [0.4, 0.5) is 0 Å². The first-order chi connectivity index (χ1) is 7.45. The molecule has 7 heteroatoms. The van der Waals surface area contributed by atoms with E-state index in [1.54, 1.807) is 17.8 Å². The predicted molar refractivity (Wildman–Crippen MR) is 55.4 cm³/mol. The summed E-state index contributed by atoms with van der Waals surface area (Å²) in [5.41, 5.74) is 6.13. The molecule has 0 aliphatic rings. The van der Waals surface area contributed by atoms with Crippen LogP contribution >= 0.6 is 0 Å². The van der Waals surface area contributed by atoms with Gasteiger partial charge in [-0.15, -0.1) is 15.3 Å². The molecule has 0 aliphatic heterocycles. The van der Waals surface area contributed by atoms with Gasteiger partial charge in [0.1, 0.15) is 12.2 Å². The van der Waals surface area contributed by atoms with Crippen molar-refractivity contribution in [3.63, 3.8) is 0 Å². The molecule has 0 aliphatic carbocycles. The monoisotopic (exact) mass is 222 g/mol. The maximum atomic E-state index is 5.90. The highest BCUT2D eigenvalue weighted by atomic mass is 16.4. The summed E-state index contributed by atoms with van der Waals surface area (Å²) in [5, 5.41) is 15.5. The minimum Gasteiger partial charge on any atom is -0.424 e. The predicted octanol–water partition coefficient (Wildman–Crippen LogP) is 0.212. The zero-order chi connectivity index (χ0) is 11.8. The fourth-order valence-electron chi connectivity index (χ4n) is 1.21. The van der Waals surface area contributed by atoms with Crippen molar-refractivity contribution >= 4 is 0 Å². The van der Waals surface area contributed by atoms with Gasteiger partial charge in [-0.2, -0.15) is 0 Å². The zero-order valence-corrected chi connectivity index (χ0v) is 9.51. The summed E-state index contributed by atoms with van der Waals surface area (Å²) in [6, 6.07) is 0. The first kappa shape index (κ1) is 10.7. The van der Waals surface area contributed by atoms with E-state index in [0.29, 0.717) is 18.3 Å². The molecule has 0 unspecified atom stereocenters. The second kappa shape index (κ2) is 3.67. The number of nitrogens with zero attached hydrogens (tertiary/aromatic N) is 5. The lowest BCUT2D eigenvalue weighted by atomic mass is 10.0. The molecule has 0 saturated heterocycles. The van der Waals surface area contributed by atoms with E-state index in [1.165, 1.54) is 0 Å². The molecular weight excluding hydrogens is 208 g/mol. The van der Waals surface area contributed by atoms with Crippen molar-refractivity contribution in [2.75, 3.05) is 0 Å². The fourth-order valence-corrected chi connectivity index (χ4v) is 1.21. The SMILES string of the molecule is Cc1nnc(Cn2cc(C(C)(C)N)nn2)o1. The van der Waals surface area contributed by atoms with E-state index in [0.717, 1.165) is 5.69 Å². The number of aryl methyl sites for hydroxylation is 1. The lowest BCUT2D eigenvalue weighted by Gasteiger charge is -2.13. The minimum atomic E-state index is -0.497. The third kappa shape index (κ3) is 2.25. The van der Waals surface area contributed by atoms with E-state index in [9.17, 15) is 0 Å². The van der Waals surface area contributed by atoms with Gasteiger partial charge < -0.3 is 10.2 Å². The molecule has 0 amide bonds. The molecule has 2 aromatic heterocycles. The van der Waals surface area contributed by atoms with Gasteiger partial charge >= 0.3 is 0 Å². The Kier molecular flexibility index (Phi) is 2.47. The van der Waals surface area contributed by atoms with Crippen LogP contribution < -0.4 is 5.73 Å². The van der Waals surface area contributed by atoms with Crippen molar-refractivity contribution in [1.82, 2.24) is 25.2 Å². The topological polar surface area (TPSA) is 95.7 Å². The van der Waals surface area contributed by atoms with Crippen LogP contribution in [0.1, 0.15) is 31.3 Å². The molecule has 16 heavy (non-hydrogen) atoms. The third-order valence-electron chi connectivity index (χ3n) is 2.06. The molecule has 2 aromatic rings. The lowest BCUT2D eigenvalue weighted by Crippen LogP contribution is -2.29. The number of hydrogen-bond donors (Lipinski definition) is 1. The highest BCUT2D eigenvalue weighted by Gasteiger charge is 2.18. The summed E-state index contributed by atoms with van der Waals surface area (Å²) in [4.78, 5) is 0. The fraction of sp³-hybridized carbons (Fsp3) is 0.556. The molecule has 0 atom stereocenters. The molecule has 0 spiro atoms. The van der Waals surface area contributed by atoms with E-state index < -0.39 is 5.54 Å². The standard InChI is InChI=1S/C9H14N6O/c1-6-11-13-8(16-6)5-15-4-7(12-14-15)9(2,3)10/h4H,5,10H2,1-3H3. The summed E-state index contributed by atoms with van der Waals surface area (Å²) >= 11 is 0. The smallest absolute Gasteiger partial charge is 0.237 e. The first-order valence-electron chi connectivity index (χ1n) is 4.93. The average molecular weight is 222 g/mol. The van der Waals surface area contributed by atoms with Crippen LogP contribution in [0.15, 0.2) is 10.6 Å². The molecule has 86 valence electrons. The zero-order valence-electron chi connectivity index (χ0n) is 9.51. The van der Waals surface area contributed by atoms with Gasteiger partial charge in [-0.1, -0.05) is 5.21 Å². The van der Waals surface area contributed by atoms with Gasteiger partial charge in [-0.3, -0.25) is 0 Å². The summed E-state index contributed by atoms with van der Waals surface area (Å²) in [6.45, 7) is 5.90. The van der Waals surface area contributed by atoms with Gasteiger partial charge in [0.15, 0.2) is 0 Å². The van der Waals surface area contributed by atoms with Crippen molar-refractivity contribution < 1.29 is 4.42 Å². The van der Waals surface area contributed by atoms with Crippen molar-refractivity contribution in [2.45, 2.75) is 32.9 Å². The van der Waals surface area contributed by atoms with Crippen LogP contribution in [-0.4, -0.2) is 25.2 Å². The summed E-state index contributed by atoms with van der Waals surface area (Å²) in [7, 11) is 0. The minimum absolute atomic E-state index is 0.407. The Morgan fingerprint density at radius 3 is 2.62 bits per heavy atom. The van der Waals surface area contributed by atoms with Crippen molar-refractivity contribution in [3.05, 3.63) is 23.7 Å². The Hall–Kier alpha value is -1.76. The molecule has 7 nitrogen and oxygen atoms in total. The number of hydrogen-bond acceptors (Lipinski definition) is 6. The van der Waals surface area contributed by atoms with Crippen LogP contribution in [-0.2, 0) is 12.1 Å². The summed E-state index contributed by atoms with van der Waals surface area (Å²) in [6.07, 6.45) is 1.78. The van der Waals surface area contributed by atoms with Crippen LogP contribution in [0, 0.1) is 6.92 Å². The molecular formula is C9H14N6O. The second-order valence-electron chi connectivity index (χ2n) is 4.24. The second-order valence-corrected chi connectivity index (χ2v) is 4.24. The Morgan fingerprint density at radius 2 is 2.12 bits per heavy atom. The van der Waals surface area contributed by atoms with Gasteiger partial charge in [-0.25, -0.2) is 4.68 Å². The van der Waals surface area contributed by atoms with Gasteiger partial charge in [0.25, 0.3) is 0 Å². The molecule has 2 N–H and O–H groups in total. The Labute approximate surface area is 92.7 Å². The van der Waals surface area contributed by atoms with Gasteiger partial charge in [0, 0.05) is 6.92 Å².